The van der Waals surface area contributed by atoms with Gasteiger partial charge in [-0.05, 0) is 13.8 Å². The summed E-state index contributed by atoms with van der Waals surface area (Å²) in [7, 11) is 1.16. The van der Waals surface area contributed by atoms with Crippen LogP contribution in [0, 0.1) is 0 Å². The summed E-state index contributed by atoms with van der Waals surface area (Å²) >= 11 is 0. The Kier molecular flexibility index (Phi) is 4.36. The second-order valence-corrected chi connectivity index (χ2v) is 2.59. The average molecular weight is 191 g/mol. The van der Waals surface area contributed by atoms with Crippen LogP contribution in [-0.4, -0.2) is 46.5 Å². The first kappa shape index (κ1) is 11.9. The number of nitrogens with zero attached hydrogens (tertiary/aromatic N) is 1. The number of carboxylic acid groups (broad SMARTS) is 1. The van der Waals surface area contributed by atoms with E-state index in [2.05, 4.69) is 4.74 Å². The lowest BCUT2D eigenvalue weighted by Gasteiger charge is -2.23. The molecule has 0 radical (unpaired) electrons. The average Bonchev–Trinajstić information content (AvgIpc) is 2.12. The Morgan fingerprint density at radius 3 is 2.08 bits per heavy atom. The van der Waals surface area contributed by atoms with Crippen molar-refractivity contribution in [2.75, 3.05) is 7.11 Å². The van der Waals surface area contributed by atoms with E-state index in [1.54, 1.807) is 0 Å². The number of carboxylic acids is 1. The van der Waals surface area contributed by atoms with Gasteiger partial charge in [0.15, 0.2) is 0 Å². The normalized spacial score (nSPS) is 15.2. The summed E-state index contributed by atoms with van der Waals surface area (Å²) in [6.45, 7) is 2.62. The van der Waals surface area contributed by atoms with Gasteiger partial charge in [0.05, 0.1) is 7.11 Å². The number of hydroxylamine groups is 2. The lowest BCUT2D eigenvalue weighted by atomic mass is 10.2. The molecule has 13 heavy (non-hydrogen) atoms. The van der Waals surface area contributed by atoms with E-state index in [4.69, 9.17) is 5.11 Å². The van der Waals surface area contributed by atoms with Crippen LogP contribution in [0.3, 0.4) is 0 Å². The second kappa shape index (κ2) is 4.78. The van der Waals surface area contributed by atoms with Crippen molar-refractivity contribution in [1.82, 2.24) is 5.06 Å². The molecule has 6 nitrogen and oxygen atoms in total. The summed E-state index contributed by atoms with van der Waals surface area (Å²) in [6.07, 6.45) is 0. The van der Waals surface area contributed by atoms with Crippen molar-refractivity contribution in [3.05, 3.63) is 0 Å². The molecular weight excluding hydrogens is 178 g/mol. The molecule has 0 aliphatic carbocycles. The van der Waals surface area contributed by atoms with Crippen LogP contribution in [0.2, 0.25) is 0 Å². The van der Waals surface area contributed by atoms with Crippen LogP contribution in [0.4, 0.5) is 0 Å². The zero-order chi connectivity index (χ0) is 10.6. The monoisotopic (exact) mass is 191 g/mol. The molecule has 0 spiro atoms. The highest BCUT2D eigenvalue weighted by molar-refractivity contribution is 5.77. The Morgan fingerprint density at radius 2 is 1.77 bits per heavy atom. The molecule has 0 rings (SSSR count). The molecule has 0 saturated carbocycles. The molecule has 0 saturated heterocycles. The molecule has 2 atom stereocenters. The lowest BCUT2D eigenvalue weighted by Crippen LogP contribution is -2.46. The van der Waals surface area contributed by atoms with E-state index in [0.717, 1.165) is 7.11 Å². The zero-order valence-electron chi connectivity index (χ0n) is 7.72. The third kappa shape index (κ3) is 3.00. The van der Waals surface area contributed by atoms with E-state index >= 15 is 0 Å². The van der Waals surface area contributed by atoms with Gasteiger partial charge in [-0.3, -0.25) is 9.59 Å². The number of hydrogen-bond acceptors (Lipinski definition) is 5. The van der Waals surface area contributed by atoms with Crippen LogP contribution < -0.4 is 0 Å². The van der Waals surface area contributed by atoms with Crippen LogP contribution in [0.25, 0.3) is 0 Å². The highest BCUT2D eigenvalue weighted by Gasteiger charge is 2.28. The maximum atomic E-state index is 10.9. The fourth-order valence-corrected chi connectivity index (χ4v) is 0.727. The van der Waals surface area contributed by atoms with E-state index in [9.17, 15) is 14.8 Å². The van der Waals surface area contributed by atoms with Crippen molar-refractivity contribution in [3.8, 4) is 0 Å². The number of esters is 1. The molecule has 0 bridgehead atoms. The van der Waals surface area contributed by atoms with Gasteiger partial charge in [0.25, 0.3) is 0 Å². The van der Waals surface area contributed by atoms with E-state index in [-0.39, 0.29) is 0 Å². The summed E-state index contributed by atoms with van der Waals surface area (Å²) in [5.41, 5.74) is 0. The molecule has 76 valence electrons. The number of carbonyl (C=O) groups excluding carboxylic acids is 1. The number of carbonyl (C=O) groups is 2. The largest absolute Gasteiger partial charge is 0.480 e. The molecule has 0 aliphatic rings. The molecule has 2 N–H and O–H groups in total. The Morgan fingerprint density at radius 1 is 1.31 bits per heavy atom. The van der Waals surface area contributed by atoms with E-state index in [1.807, 2.05) is 0 Å². The third-order valence-electron chi connectivity index (χ3n) is 1.69. The highest BCUT2D eigenvalue weighted by Crippen LogP contribution is 2.03. The maximum Gasteiger partial charge on any atom is 0.325 e. The fourth-order valence-electron chi connectivity index (χ4n) is 0.727. The number of rotatable bonds is 4. The van der Waals surface area contributed by atoms with Crippen LogP contribution >= 0.6 is 0 Å². The topological polar surface area (TPSA) is 87.1 Å². The molecular formula is C7H13NO5. The maximum absolute atomic E-state index is 10.9. The summed E-state index contributed by atoms with van der Waals surface area (Å²) in [5.74, 6) is -1.89. The molecule has 6 heteroatoms. The number of ether oxygens (including phenoxy) is 1. The predicted octanol–water partition coefficient (Wildman–Crippen LogP) is -0.288. The van der Waals surface area contributed by atoms with Crippen molar-refractivity contribution >= 4 is 11.9 Å². The molecule has 0 heterocycles. The molecule has 0 amide bonds. The van der Waals surface area contributed by atoms with Gasteiger partial charge < -0.3 is 15.1 Å². The first-order valence-electron chi connectivity index (χ1n) is 3.69. The Hall–Kier alpha value is -1.14. The first-order valence-corrected chi connectivity index (χ1v) is 3.69. The van der Waals surface area contributed by atoms with Crippen molar-refractivity contribution < 1.29 is 24.6 Å². The van der Waals surface area contributed by atoms with Crippen molar-refractivity contribution in [3.63, 3.8) is 0 Å². The van der Waals surface area contributed by atoms with Crippen molar-refractivity contribution in [1.29, 1.82) is 0 Å². The molecule has 0 aromatic heterocycles. The second-order valence-electron chi connectivity index (χ2n) is 2.59. The predicted molar refractivity (Wildman–Crippen MR) is 42.2 cm³/mol. The Balaban J connectivity index is 4.32. The standard InChI is InChI=1S/C7H13NO5/c1-4(6(9)10)8(12)5(2)7(11)13-3/h4-5,12H,1-3H3,(H,9,10)/t4-,5+/m1/s1. The molecule has 0 aromatic carbocycles. The van der Waals surface area contributed by atoms with Gasteiger partial charge >= 0.3 is 11.9 Å². The fraction of sp³-hybridized carbons (Fsp3) is 0.714. The van der Waals surface area contributed by atoms with Crippen LogP contribution in [-0.2, 0) is 14.3 Å². The quantitative estimate of drug-likeness (QED) is 0.469. The molecule has 0 aromatic rings. The van der Waals surface area contributed by atoms with Gasteiger partial charge in [0.2, 0.25) is 0 Å². The minimum atomic E-state index is -1.21. The van der Waals surface area contributed by atoms with Gasteiger partial charge in [-0.15, -0.1) is 0 Å². The van der Waals surface area contributed by atoms with Gasteiger partial charge in [0.1, 0.15) is 12.1 Å². The minimum absolute atomic E-state index is 0.439. The smallest absolute Gasteiger partial charge is 0.325 e. The highest BCUT2D eigenvalue weighted by atomic mass is 16.5. The summed E-state index contributed by atoms with van der Waals surface area (Å²) in [4.78, 5) is 21.3. The van der Waals surface area contributed by atoms with Crippen molar-refractivity contribution in [2.45, 2.75) is 25.9 Å². The molecule has 0 fully saturated rings. The zero-order valence-corrected chi connectivity index (χ0v) is 7.72. The Labute approximate surface area is 75.7 Å². The van der Waals surface area contributed by atoms with Gasteiger partial charge in [-0.1, -0.05) is 0 Å². The number of aliphatic carboxylic acids is 1. The third-order valence-corrected chi connectivity index (χ3v) is 1.69. The molecule has 0 aliphatic heterocycles. The van der Waals surface area contributed by atoms with Gasteiger partial charge in [-0.2, -0.15) is 5.06 Å². The summed E-state index contributed by atoms with van der Waals surface area (Å²) in [6, 6.07) is -2.13. The van der Waals surface area contributed by atoms with Crippen molar-refractivity contribution in [2.24, 2.45) is 0 Å². The first-order chi connectivity index (χ1) is 5.91. The van der Waals surface area contributed by atoms with E-state index in [0.29, 0.717) is 5.06 Å². The van der Waals surface area contributed by atoms with Gasteiger partial charge in [0, 0.05) is 0 Å². The minimum Gasteiger partial charge on any atom is -0.480 e. The number of methoxy groups -OCH3 is 1. The van der Waals surface area contributed by atoms with Crippen LogP contribution in [0.5, 0.6) is 0 Å². The van der Waals surface area contributed by atoms with Crippen LogP contribution in [0.1, 0.15) is 13.8 Å². The van der Waals surface area contributed by atoms with Crippen LogP contribution in [0.15, 0.2) is 0 Å². The molecule has 0 unspecified atom stereocenters. The van der Waals surface area contributed by atoms with E-state index in [1.165, 1.54) is 13.8 Å². The van der Waals surface area contributed by atoms with Gasteiger partial charge in [-0.25, -0.2) is 0 Å². The lowest BCUT2D eigenvalue weighted by molar-refractivity contribution is -0.190. The summed E-state index contributed by atoms with van der Waals surface area (Å²) in [5, 5.41) is 18.2. The summed E-state index contributed by atoms with van der Waals surface area (Å²) < 4.78 is 4.33. The Bertz CT molecular complexity index is 205. The van der Waals surface area contributed by atoms with E-state index < -0.39 is 24.0 Å². The SMILES string of the molecule is COC(=O)[C@H](C)N(O)[C@H](C)C(=O)O. The number of hydrogen-bond donors (Lipinski definition) is 2.